The predicted octanol–water partition coefficient (Wildman–Crippen LogP) is 3.01. The molecule has 0 radical (unpaired) electrons. The average Bonchev–Trinajstić information content (AvgIpc) is 3.02. The van der Waals surface area contributed by atoms with Crippen LogP contribution in [0.5, 0.6) is 5.75 Å². The Morgan fingerprint density at radius 2 is 2.11 bits per heavy atom. The van der Waals surface area contributed by atoms with Crippen LogP contribution in [0.3, 0.4) is 0 Å². The molecule has 11 nitrogen and oxygen atoms in total. The second-order valence-corrected chi connectivity index (χ2v) is 10.1. The summed E-state index contributed by atoms with van der Waals surface area (Å²) >= 11 is 4.10. The normalized spacial score (nSPS) is 21.2. The molecule has 2 heterocycles. The Labute approximate surface area is 218 Å². The summed E-state index contributed by atoms with van der Waals surface area (Å²) in [6.45, 7) is 4.09. The fraction of sp³-hybridized carbons (Fsp3) is 0.522. The van der Waals surface area contributed by atoms with Crippen LogP contribution >= 0.6 is 11.6 Å². The van der Waals surface area contributed by atoms with E-state index in [4.69, 9.17) is 16.3 Å². The second-order valence-electron chi connectivity index (χ2n) is 8.95. The van der Waals surface area contributed by atoms with Crippen molar-refractivity contribution in [2.24, 2.45) is 5.92 Å². The van der Waals surface area contributed by atoms with Crippen LogP contribution in [-0.4, -0.2) is 62.3 Å². The standard InChI is InChI=1S/C23H32ClN7O4S/c1-3-31-12-15-8-20(35-2)19(9-18(15)27-21(32)13-31)29-23-25-11-16(24)22(30-23)28-17-7-5-4-6-14(17)10-26-36(33)34/h8-9,11,14,17,26H,3-7,10,12-13H2,1-2H3,(H,27,32)(H,33,34)(H2,25,28,29,30)/p-1/t14-,17-/m1/s1. The maximum atomic E-state index is 12.3. The highest BCUT2D eigenvalue weighted by Crippen LogP contribution is 2.35. The van der Waals surface area contributed by atoms with Crippen molar-refractivity contribution >= 4 is 51.9 Å². The van der Waals surface area contributed by atoms with E-state index in [2.05, 4.69) is 35.5 Å². The molecule has 1 aromatic carbocycles. The molecule has 4 rings (SSSR count). The summed E-state index contributed by atoms with van der Waals surface area (Å²) in [5.41, 5.74) is 2.27. The number of rotatable bonds is 9. The van der Waals surface area contributed by atoms with E-state index in [1.54, 1.807) is 7.11 Å². The van der Waals surface area contributed by atoms with Crippen LogP contribution in [0.2, 0.25) is 5.02 Å². The number of aromatic nitrogens is 2. The molecule has 2 aliphatic rings. The SMILES string of the molecule is CCN1CC(=O)Nc2cc(Nc3ncc(Cl)c(N[C@@H]4CCCC[C@@H]4CNS(=O)[O-])n3)c(OC)cc2C1. The van der Waals surface area contributed by atoms with Gasteiger partial charge in [-0.1, -0.05) is 31.4 Å². The summed E-state index contributed by atoms with van der Waals surface area (Å²) < 4.78 is 30.0. The molecule has 2 aromatic rings. The fourth-order valence-corrected chi connectivity index (χ4v) is 5.19. The van der Waals surface area contributed by atoms with Gasteiger partial charge in [-0.25, -0.2) is 9.71 Å². The summed E-state index contributed by atoms with van der Waals surface area (Å²) in [6, 6.07) is 3.75. The van der Waals surface area contributed by atoms with Gasteiger partial charge in [0.25, 0.3) is 0 Å². The van der Waals surface area contributed by atoms with Gasteiger partial charge in [0.2, 0.25) is 11.9 Å². The number of hydrogen-bond donors (Lipinski definition) is 4. The van der Waals surface area contributed by atoms with E-state index in [9.17, 15) is 13.6 Å². The fourth-order valence-electron chi connectivity index (χ4n) is 4.69. The molecule has 0 spiro atoms. The highest BCUT2D eigenvalue weighted by Gasteiger charge is 2.26. The van der Waals surface area contributed by atoms with Crippen molar-refractivity contribution in [1.82, 2.24) is 19.6 Å². The van der Waals surface area contributed by atoms with E-state index in [1.807, 2.05) is 19.1 Å². The number of benzene rings is 1. The van der Waals surface area contributed by atoms with Crippen molar-refractivity contribution in [3.63, 3.8) is 0 Å². The van der Waals surface area contributed by atoms with Crippen LogP contribution in [0.4, 0.5) is 23.1 Å². The van der Waals surface area contributed by atoms with Gasteiger partial charge >= 0.3 is 0 Å². The Kier molecular flexibility index (Phi) is 8.96. The summed E-state index contributed by atoms with van der Waals surface area (Å²) in [7, 11) is 1.58. The number of amides is 1. The zero-order valence-electron chi connectivity index (χ0n) is 20.3. The molecule has 1 unspecified atom stereocenters. The van der Waals surface area contributed by atoms with Gasteiger partial charge in [0.05, 0.1) is 25.5 Å². The van der Waals surface area contributed by atoms with E-state index in [0.717, 1.165) is 37.8 Å². The molecular formula is C23H31ClN7O4S-. The zero-order valence-corrected chi connectivity index (χ0v) is 21.9. The van der Waals surface area contributed by atoms with E-state index >= 15 is 0 Å². The lowest BCUT2D eigenvalue weighted by Crippen LogP contribution is -2.39. The van der Waals surface area contributed by atoms with Crippen molar-refractivity contribution in [2.45, 2.75) is 45.2 Å². The summed E-state index contributed by atoms with van der Waals surface area (Å²) in [5.74, 6) is 1.42. The molecular weight excluding hydrogens is 506 g/mol. The van der Waals surface area contributed by atoms with Gasteiger partial charge in [0.1, 0.15) is 10.8 Å². The summed E-state index contributed by atoms with van der Waals surface area (Å²) in [5, 5.41) is 9.91. The Morgan fingerprint density at radius 3 is 2.86 bits per heavy atom. The van der Waals surface area contributed by atoms with Crippen LogP contribution in [0.15, 0.2) is 18.3 Å². The van der Waals surface area contributed by atoms with E-state index in [-0.39, 0.29) is 17.9 Å². The first-order valence-corrected chi connectivity index (χ1v) is 13.4. The lowest BCUT2D eigenvalue weighted by atomic mass is 9.84. The largest absolute Gasteiger partial charge is 0.760 e. The van der Waals surface area contributed by atoms with E-state index in [1.165, 1.54) is 6.20 Å². The van der Waals surface area contributed by atoms with Gasteiger partial charge < -0.3 is 25.2 Å². The molecule has 0 bridgehead atoms. The molecule has 1 amide bonds. The maximum Gasteiger partial charge on any atom is 0.238 e. The lowest BCUT2D eigenvalue weighted by molar-refractivity contribution is -0.117. The van der Waals surface area contributed by atoms with E-state index < -0.39 is 11.3 Å². The number of hydrogen-bond acceptors (Lipinski definition) is 9. The quantitative estimate of drug-likeness (QED) is 0.355. The Morgan fingerprint density at radius 1 is 1.31 bits per heavy atom. The molecule has 3 atom stereocenters. The Bertz CT molecular complexity index is 1120. The number of carbonyl (C=O) groups excluding carboxylic acids is 1. The first kappa shape index (κ1) is 26.6. The maximum absolute atomic E-state index is 12.3. The number of methoxy groups -OCH3 is 1. The molecule has 36 heavy (non-hydrogen) atoms. The van der Waals surface area contributed by atoms with E-state index in [0.29, 0.717) is 53.5 Å². The van der Waals surface area contributed by atoms with Crippen LogP contribution < -0.4 is 25.4 Å². The smallest absolute Gasteiger partial charge is 0.238 e. The average molecular weight is 537 g/mol. The molecule has 4 N–H and O–H groups in total. The minimum atomic E-state index is -2.30. The lowest BCUT2D eigenvalue weighted by Gasteiger charge is -2.33. The summed E-state index contributed by atoms with van der Waals surface area (Å²) in [6.07, 6.45) is 5.39. The summed E-state index contributed by atoms with van der Waals surface area (Å²) in [4.78, 5) is 23.3. The third kappa shape index (κ3) is 6.62. The van der Waals surface area contributed by atoms with Gasteiger partial charge in [-0.2, -0.15) is 4.98 Å². The molecule has 1 aromatic heterocycles. The first-order valence-electron chi connectivity index (χ1n) is 12.0. The van der Waals surface area contributed by atoms with Gasteiger partial charge in [0.15, 0.2) is 5.82 Å². The van der Waals surface area contributed by atoms with Crippen molar-refractivity contribution in [1.29, 1.82) is 0 Å². The molecule has 196 valence electrons. The second kappa shape index (κ2) is 12.2. The number of carbonyl (C=O) groups is 1. The Hall–Kier alpha value is -2.51. The molecule has 1 aliphatic heterocycles. The molecule has 1 saturated carbocycles. The minimum absolute atomic E-state index is 0.0220. The zero-order chi connectivity index (χ0) is 25.7. The van der Waals surface area contributed by atoms with Crippen LogP contribution in [-0.2, 0) is 22.6 Å². The molecule has 0 saturated heterocycles. The van der Waals surface area contributed by atoms with Crippen molar-refractivity contribution < 1.29 is 18.3 Å². The van der Waals surface area contributed by atoms with Crippen molar-refractivity contribution in [3.8, 4) is 5.75 Å². The predicted molar refractivity (Wildman–Crippen MR) is 139 cm³/mol. The van der Waals surface area contributed by atoms with Gasteiger partial charge in [-0.15, -0.1) is 0 Å². The van der Waals surface area contributed by atoms with Crippen molar-refractivity contribution in [2.75, 3.05) is 42.7 Å². The first-order chi connectivity index (χ1) is 17.4. The highest BCUT2D eigenvalue weighted by molar-refractivity contribution is 7.77. The Balaban J connectivity index is 1.55. The molecule has 13 heteroatoms. The molecule has 1 fully saturated rings. The monoisotopic (exact) mass is 536 g/mol. The molecule has 1 aliphatic carbocycles. The van der Waals surface area contributed by atoms with Crippen LogP contribution in [0, 0.1) is 5.92 Å². The van der Waals surface area contributed by atoms with Crippen molar-refractivity contribution in [3.05, 3.63) is 28.9 Å². The number of halogens is 1. The van der Waals surface area contributed by atoms with Gasteiger partial charge in [-0.05, 0) is 43.0 Å². The highest BCUT2D eigenvalue weighted by atomic mass is 35.5. The van der Waals surface area contributed by atoms with Gasteiger partial charge in [0, 0.05) is 36.1 Å². The topological polar surface area (TPSA) is 144 Å². The number of nitrogens with zero attached hydrogens (tertiary/aromatic N) is 3. The number of fused-ring (bicyclic) bond motifs is 1. The third-order valence-electron chi connectivity index (χ3n) is 6.59. The number of ether oxygens (including phenoxy) is 1. The van der Waals surface area contributed by atoms with Gasteiger partial charge in [-0.3, -0.25) is 13.9 Å². The third-order valence-corrected chi connectivity index (χ3v) is 7.27. The number of nitrogens with one attached hydrogen (secondary N) is 4. The van der Waals surface area contributed by atoms with Crippen LogP contribution in [0.1, 0.15) is 38.2 Å². The van der Waals surface area contributed by atoms with Crippen LogP contribution in [0.25, 0.3) is 0 Å². The number of likely N-dealkylation sites (N-methyl/N-ethyl adjacent to an activating group) is 1. The number of anilines is 4. The minimum Gasteiger partial charge on any atom is -0.760 e.